The molecule has 0 heterocycles. The van der Waals surface area contributed by atoms with Gasteiger partial charge in [0.1, 0.15) is 0 Å². The summed E-state index contributed by atoms with van der Waals surface area (Å²) in [7, 11) is 0. The molecule has 1 aromatic carbocycles. The van der Waals surface area contributed by atoms with Crippen LogP contribution in [0.2, 0.25) is 0 Å². The van der Waals surface area contributed by atoms with Gasteiger partial charge in [-0.2, -0.15) is 0 Å². The number of benzene rings is 1. The summed E-state index contributed by atoms with van der Waals surface area (Å²) in [6.45, 7) is 12.4. The van der Waals surface area contributed by atoms with Crippen LogP contribution in [0.1, 0.15) is 59.1 Å². The Labute approximate surface area is 122 Å². The molecule has 0 atom stereocenters. The molecule has 101 valence electrons. The third-order valence-electron chi connectivity index (χ3n) is 2.32. The normalized spacial score (nSPS) is 8.56. The van der Waals surface area contributed by atoms with Gasteiger partial charge >= 0.3 is 75.1 Å². The van der Waals surface area contributed by atoms with Gasteiger partial charge < -0.3 is 0 Å². The van der Waals surface area contributed by atoms with Gasteiger partial charge in [0.05, 0.1) is 0 Å². The van der Waals surface area contributed by atoms with Crippen LogP contribution in [0.5, 0.6) is 0 Å². The number of hydrogen-bond acceptors (Lipinski definition) is 1. The van der Waals surface area contributed by atoms with Crippen LogP contribution in [0.15, 0.2) is 24.3 Å². The summed E-state index contributed by atoms with van der Waals surface area (Å²) in [5, 5.41) is 7.45. The first kappa shape index (κ1) is 19.7. The summed E-state index contributed by atoms with van der Waals surface area (Å²) in [5.74, 6) is 0.884. The van der Waals surface area contributed by atoms with Gasteiger partial charge in [0.2, 0.25) is 0 Å². The minimum atomic E-state index is 0.614. The molecule has 0 unspecified atom stereocenters. The first-order chi connectivity index (χ1) is 8.52. The molecule has 1 N–H and O–H groups in total. The Morgan fingerprint density at radius 2 is 1.72 bits per heavy atom. The predicted molar refractivity (Wildman–Crippen MR) is 80.6 cm³/mol. The van der Waals surface area contributed by atoms with Crippen LogP contribution >= 0.6 is 0 Å². The Morgan fingerprint density at radius 1 is 1.28 bits per heavy atom. The van der Waals surface area contributed by atoms with E-state index in [9.17, 15) is 0 Å². The van der Waals surface area contributed by atoms with E-state index in [-0.39, 0.29) is 0 Å². The molecule has 0 amide bonds. The van der Waals surface area contributed by atoms with E-state index in [4.69, 9.17) is 5.41 Å². The van der Waals surface area contributed by atoms with Crippen molar-refractivity contribution in [3.63, 3.8) is 0 Å². The van der Waals surface area contributed by atoms with Crippen molar-refractivity contribution < 1.29 is 17.0 Å². The number of nitrogens with one attached hydrogen (secondary N) is 1. The zero-order chi connectivity index (χ0) is 14.6. The number of hydrogen-bond donors (Lipinski definition) is 1. The van der Waals surface area contributed by atoms with Gasteiger partial charge in [0.25, 0.3) is 0 Å². The average molecular weight is 284 g/mol. The molecule has 0 aromatic heterocycles. The molecule has 2 heteroatoms. The molecule has 0 radical (unpaired) electrons. The van der Waals surface area contributed by atoms with E-state index in [2.05, 4.69) is 37.8 Å². The minimum absolute atomic E-state index is 0.614. The molecule has 0 fully saturated rings. The molecule has 0 bridgehead atoms. The van der Waals surface area contributed by atoms with Gasteiger partial charge in [-0.05, 0) is 5.92 Å². The number of rotatable bonds is 3. The van der Waals surface area contributed by atoms with Crippen LogP contribution in [0.3, 0.4) is 0 Å². The fourth-order valence-corrected chi connectivity index (χ4v) is 1.30. The quantitative estimate of drug-likeness (QED) is 0.767. The Kier molecular flexibility index (Phi) is 14.0. The van der Waals surface area contributed by atoms with Crippen LogP contribution in [-0.4, -0.2) is 10.4 Å². The first-order valence-electron chi connectivity index (χ1n) is 6.64. The molecule has 0 aliphatic rings. The maximum Gasteiger partial charge on any atom is -0.0474 e. The fraction of sp³-hybridized carbons (Fsp3) is 0.500. The van der Waals surface area contributed by atoms with E-state index in [0.29, 0.717) is 5.71 Å². The molecule has 0 saturated carbocycles. The molecule has 1 nitrogen and oxygen atoms in total. The monoisotopic (exact) mass is 284 g/mol. The van der Waals surface area contributed by atoms with Gasteiger partial charge in [-0.1, -0.05) is 41.0 Å². The van der Waals surface area contributed by atoms with Crippen molar-refractivity contribution in [3.8, 4) is 0 Å². The second kappa shape index (κ2) is 12.8. The van der Waals surface area contributed by atoms with Gasteiger partial charge in [0.15, 0.2) is 0 Å². The van der Waals surface area contributed by atoms with Crippen LogP contribution in [-0.2, 0) is 17.0 Å². The van der Waals surface area contributed by atoms with Crippen molar-refractivity contribution in [2.24, 2.45) is 5.92 Å². The zero-order valence-corrected chi connectivity index (χ0v) is 14.0. The van der Waals surface area contributed by atoms with Crippen LogP contribution in [0, 0.1) is 11.3 Å². The zero-order valence-electron chi connectivity index (χ0n) is 12.6. The Morgan fingerprint density at radius 3 is 2.00 bits per heavy atom. The second-order valence-corrected chi connectivity index (χ2v) is 4.55. The third kappa shape index (κ3) is 9.38. The van der Waals surface area contributed by atoms with Crippen LogP contribution in [0.4, 0.5) is 0 Å². The van der Waals surface area contributed by atoms with Crippen molar-refractivity contribution in [2.45, 2.75) is 48.0 Å². The van der Waals surface area contributed by atoms with Gasteiger partial charge in [-0.3, -0.25) is 0 Å². The minimum Gasteiger partial charge on any atom is -0.0651 e. The molecule has 1 aromatic rings. The SMILES string of the molecule is CC.CC(=N)c1ccccc1[CH]=[V].CCC(C)C. The summed E-state index contributed by atoms with van der Waals surface area (Å²) in [6.07, 6.45) is 1.31. The van der Waals surface area contributed by atoms with Crippen LogP contribution < -0.4 is 0 Å². The summed E-state index contributed by atoms with van der Waals surface area (Å²) < 4.78 is 1.96. The van der Waals surface area contributed by atoms with E-state index in [0.717, 1.165) is 17.0 Å². The molecular weight excluding hydrogens is 257 g/mol. The largest absolute Gasteiger partial charge is 0.0651 e. The molecule has 0 spiro atoms. The Hall–Kier alpha value is -0.656. The first-order valence-corrected chi connectivity index (χ1v) is 7.45. The molecule has 0 saturated heterocycles. The van der Waals surface area contributed by atoms with Crippen molar-refractivity contribution in [1.82, 2.24) is 0 Å². The average Bonchev–Trinajstić information content (AvgIpc) is 2.41. The Balaban J connectivity index is 0. The predicted octanol–water partition coefficient (Wildman–Crippen LogP) is 4.85. The van der Waals surface area contributed by atoms with Crippen molar-refractivity contribution >= 4 is 10.4 Å². The maximum atomic E-state index is 7.45. The standard InChI is InChI=1S/C9H9N.C5H12.C2H6.V/c1-7-5-3-4-6-9(7)8(2)10;1-4-5(2)3;1-2;/h1,3-6,10H,2H3;5H,4H2,1-3H3;1-2H3;. The van der Waals surface area contributed by atoms with E-state index in [1.165, 1.54) is 6.42 Å². The summed E-state index contributed by atoms with van der Waals surface area (Å²) in [6, 6.07) is 7.90. The molecule has 1 rings (SSSR count). The molecule has 0 aliphatic heterocycles. The van der Waals surface area contributed by atoms with Gasteiger partial charge in [-0.25, -0.2) is 0 Å². The fourth-order valence-electron chi connectivity index (χ4n) is 0.951. The third-order valence-corrected chi connectivity index (χ3v) is 2.75. The summed E-state index contributed by atoms with van der Waals surface area (Å²) in [5.41, 5.74) is 2.73. The van der Waals surface area contributed by atoms with Crippen LogP contribution in [0.25, 0.3) is 0 Å². The van der Waals surface area contributed by atoms with E-state index in [1.54, 1.807) is 6.92 Å². The van der Waals surface area contributed by atoms with Gasteiger partial charge in [0, 0.05) is 0 Å². The van der Waals surface area contributed by atoms with E-state index < -0.39 is 0 Å². The van der Waals surface area contributed by atoms with E-state index in [1.807, 2.05) is 42.8 Å². The Bertz CT molecular complexity index is 343. The molecule has 18 heavy (non-hydrogen) atoms. The summed E-state index contributed by atoms with van der Waals surface area (Å²) >= 11 is 2.41. The smallest absolute Gasteiger partial charge is 0.0474 e. The molecular formula is C16H27NV. The van der Waals surface area contributed by atoms with E-state index >= 15 is 0 Å². The topological polar surface area (TPSA) is 23.9 Å². The van der Waals surface area contributed by atoms with Crippen molar-refractivity contribution in [2.75, 3.05) is 0 Å². The van der Waals surface area contributed by atoms with Gasteiger partial charge in [-0.15, -0.1) is 0 Å². The molecule has 0 aliphatic carbocycles. The maximum absolute atomic E-state index is 7.45. The summed E-state index contributed by atoms with van der Waals surface area (Å²) in [4.78, 5) is 0. The van der Waals surface area contributed by atoms with Crippen molar-refractivity contribution in [3.05, 3.63) is 35.4 Å². The second-order valence-electron chi connectivity index (χ2n) is 4.14. The van der Waals surface area contributed by atoms with Crippen molar-refractivity contribution in [1.29, 1.82) is 5.41 Å².